The van der Waals surface area contributed by atoms with Gasteiger partial charge in [-0.25, -0.2) is 0 Å². The largest absolute Gasteiger partial charge is 0.456 e. The Kier molecular flexibility index (Phi) is 4.66. The zero-order valence-electron chi connectivity index (χ0n) is 10.2. The molecule has 0 N–H and O–H groups in total. The Hall–Kier alpha value is -2.10. The van der Waals surface area contributed by atoms with Crippen molar-refractivity contribution in [1.82, 2.24) is 4.90 Å². The molecule has 1 aliphatic rings. The van der Waals surface area contributed by atoms with Crippen molar-refractivity contribution in [2.45, 2.75) is 39.0 Å². The number of ether oxygens (including phenoxy) is 2. The molecule has 1 aliphatic heterocycles. The second kappa shape index (κ2) is 6.00. The van der Waals surface area contributed by atoms with Crippen LogP contribution in [0.25, 0.3) is 0 Å². The number of nitriles is 1. The fourth-order valence-corrected chi connectivity index (χ4v) is 1.78. The molecule has 1 saturated heterocycles. The van der Waals surface area contributed by atoms with Crippen LogP contribution < -0.4 is 0 Å². The number of likely N-dealkylation sites (tertiary alicyclic amines) is 1. The van der Waals surface area contributed by atoms with E-state index in [1.165, 1.54) is 18.7 Å². The lowest BCUT2D eigenvalue weighted by atomic mass is 10.3. The maximum absolute atomic E-state index is 11.7. The fraction of sp³-hybridized carbons (Fsp3) is 0.636. The molecule has 1 rings (SSSR count). The summed E-state index contributed by atoms with van der Waals surface area (Å²) in [6, 6.07) is 1.90. The summed E-state index contributed by atoms with van der Waals surface area (Å²) in [7, 11) is 0. The molecule has 2 atom stereocenters. The van der Waals surface area contributed by atoms with Gasteiger partial charge in [-0.05, 0) is 0 Å². The highest BCUT2D eigenvalue weighted by atomic mass is 16.6. The fourth-order valence-electron chi connectivity index (χ4n) is 1.78. The molecule has 1 amide bonds. The second-order valence-corrected chi connectivity index (χ2v) is 3.85. The molecule has 7 nitrogen and oxygen atoms in total. The van der Waals surface area contributed by atoms with Gasteiger partial charge in [-0.15, -0.1) is 0 Å². The highest BCUT2D eigenvalue weighted by molar-refractivity contribution is 5.81. The van der Waals surface area contributed by atoms with Gasteiger partial charge in [0.15, 0.2) is 6.10 Å². The quantitative estimate of drug-likeness (QED) is 0.653. The molecule has 1 heterocycles. The van der Waals surface area contributed by atoms with Crippen LogP contribution in [0.15, 0.2) is 0 Å². The minimum Gasteiger partial charge on any atom is -0.456 e. The first-order valence-electron chi connectivity index (χ1n) is 5.46. The molecule has 1 fully saturated rings. The van der Waals surface area contributed by atoms with E-state index in [0.29, 0.717) is 0 Å². The van der Waals surface area contributed by atoms with Gasteiger partial charge in [0.1, 0.15) is 0 Å². The number of carbonyl (C=O) groups excluding carboxylic acids is 3. The Morgan fingerprint density at radius 2 is 2.00 bits per heavy atom. The van der Waals surface area contributed by atoms with Crippen molar-refractivity contribution in [3.05, 3.63) is 0 Å². The van der Waals surface area contributed by atoms with Crippen molar-refractivity contribution in [1.29, 1.82) is 5.26 Å². The van der Waals surface area contributed by atoms with Gasteiger partial charge in [-0.1, -0.05) is 0 Å². The summed E-state index contributed by atoms with van der Waals surface area (Å²) in [5, 5.41) is 8.51. The van der Waals surface area contributed by atoms with Crippen molar-refractivity contribution < 1.29 is 23.9 Å². The number of esters is 2. The highest BCUT2D eigenvalue weighted by Crippen LogP contribution is 2.24. The Morgan fingerprint density at radius 1 is 1.39 bits per heavy atom. The summed E-state index contributed by atoms with van der Waals surface area (Å²) >= 11 is 0. The van der Waals surface area contributed by atoms with Crippen LogP contribution in [-0.2, 0) is 23.9 Å². The molecule has 0 radical (unpaired) electrons. The third-order valence-corrected chi connectivity index (χ3v) is 2.39. The van der Waals surface area contributed by atoms with Gasteiger partial charge >= 0.3 is 11.9 Å². The van der Waals surface area contributed by atoms with E-state index >= 15 is 0 Å². The topological polar surface area (TPSA) is 96.7 Å². The molecule has 0 spiro atoms. The van der Waals surface area contributed by atoms with Crippen LogP contribution in [0.3, 0.4) is 0 Å². The van der Waals surface area contributed by atoms with E-state index < -0.39 is 24.3 Å². The van der Waals surface area contributed by atoms with Gasteiger partial charge in [-0.3, -0.25) is 14.4 Å². The standard InChI is InChI=1S/C11H14N2O5/c1-7(14)17-9-6-10(16)13(5-3-4-12)11(9)18-8(2)15/h9,11H,3,5-6H2,1-2H3. The van der Waals surface area contributed by atoms with E-state index in [1.807, 2.05) is 6.07 Å². The molecule has 0 aromatic carbocycles. The van der Waals surface area contributed by atoms with E-state index in [0.717, 1.165) is 0 Å². The molecule has 0 aromatic heterocycles. The van der Waals surface area contributed by atoms with Crippen LogP contribution in [0.2, 0.25) is 0 Å². The molecule has 2 unspecified atom stereocenters. The maximum Gasteiger partial charge on any atom is 0.304 e. The Morgan fingerprint density at radius 3 is 2.50 bits per heavy atom. The Bertz CT molecular complexity index is 401. The van der Waals surface area contributed by atoms with Crippen molar-refractivity contribution in [2.24, 2.45) is 0 Å². The molecule has 0 bridgehead atoms. The Labute approximate surface area is 104 Å². The summed E-state index contributed by atoms with van der Waals surface area (Å²) in [6.07, 6.45) is -1.66. The van der Waals surface area contributed by atoms with E-state index in [-0.39, 0.29) is 25.3 Å². The van der Waals surface area contributed by atoms with E-state index in [2.05, 4.69) is 0 Å². The number of carbonyl (C=O) groups is 3. The predicted octanol–water partition coefficient (Wildman–Crippen LogP) is -0.0467. The summed E-state index contributed by atoms with van der Waals surface area (Å²) in [6.45, 7) is 2.56. The van der Waals surface area contributed by atoms with Crippen molar-refractivity contribution in [2.75, 3.05) is 6.54 Å². The first kappa shape index (κ1) is 14.0. The third kappa shape index (κ3) is 3.45. The minimum absolute atomic E-state index is 0.0387. The molecule has 0 aliphatic carbocycles. The van der Waals surface area contributed by atoms with Crippen LogP contribution in [0.4, 0.5) is 0 Å². The molecule has 0 aromatic rings. The van der Waals surface area contributed by atoms with Gasteiger partial charge in [-0.2, -0.15) is 5.26 Å². The summed E-state index contributed by atoms with van der Waals surface area (Å²) < 4.78 is 9.93. The zero-order valence-corrected chi connectivity index (χ0v) is 10.2. The highest BCUT2D eigenvalue weighted by Gasteiger charge is 2.43. The smallest absolute Gasteiger partial charge is 0.304 e. The van der Waals surface area contributed by atoms with Gasteiger partial charge in [0.2, 0.25) is 12.1 Å². The molecule has 18 heavy (non-hydrogen) atoms. The summed E-state index contributed by atoms with van der Waals surface area (Å²) in [4.78, 5) is 34.9. The van der Waals surface area contributed by atoms with Crippen LogP contribution in [-0.4, -0.2) is 41.6 Å². The molecular formula is C11H14N2O5. The van der Waals surface area contributed by atoms with Crippen molar-refractivity contribution >= 4 is 17.8 Å². The second-order valence-electron chi connectivity index (χ2n) is 3.85. The molecule has 7 heteroatoms. The number of rotatable bonds is 4. The lowest BCUT2D eigenvalue weighted by Crippen LogP contribution is -2.42. The van der Waals surface area contributed by atoms with E-state index in [9.17, 15) is 14.4 Å². The van der Waals surface area contributed by atoms with E-state index in [1.54, 1.807) is 0 Å². The van der Waals surface area contributed by atoms with Crippen LogP contribution in [0.1, 0.15) is 26.7 Å². The Balaban J connectivity index is 2.80. The number of hydrogen-bond donors (Lipinski definition) is 0. The SMILES string of the molecule is CC(=O)OC1CC(=O)N(CCC#N)C1OC(C)=O. The molecule has 0 saturated carbocycles. The summed E-state index contributed by atoms with van der Waals surface area (Å²) in [5.41, 5.74) is 0. The lowest BCUT2D eigenvalue weighted by molar-refractivity contribution is -0.173. The normalized spacial score (nSPS) is 22.5. The molecular weight excluding hydrogens is 240 g/mol. The third-order valence-electron chi connectivity index (χ3n) is 2.39. The average Bonchev–Trinajstić information content (AvgIpc) is 2.51. The maximum atomic E-state index is 11.7. The van der Waals surface area contributed by atoms with Gasteiger partial charge in [0.05, 0.1) is 18.9 Å². The van der Waals surface area contributed by atoms with Crippen molar-refractivity contribution in [3.8, 4) is 6.07 Å². The average molecular weight is 254 g/mol. The predicted molar refractivity (Wildman–Crippen MR) is 57.7 cm³/mol. The lowest BCUT2D eigenvalue weighted by Gasteiger charge is -2.26. The molecule has 98 valence electrons. The van der Waals surface area contributed by atoms with Crippen LogP contribution in [0, 0.1) is 11.3 Å². The zero-order chi connectivity index (χ0) is 13.7. The van der Waals surface area contributed by atoms with E-state index in [4.69, 9.17) is 14.7 Å². The minimum atomic E-state index is -0.938. The van der Waals surface area contributed by atoms with Gasteiger partial charge < -0.3 is 14.4 Å². The summed E-state index contributed by atoms with van der Waals surface area (Å²) in [5.74, 6) is -1.43. The van der Waals surface area contributed by atoms with Crippen LogP contribution >= 0.6 is 0 Å². The first-order chi connectivity index (χ1) is 8.45. The van der Waals surface area contributed by atoms with Crippen LogP contribution in [0.5, 0.6) is 0 Å². The van der Waals surface area contributed by atoms with Gasteiger partial charge in [0, 0.05) is 20.4 Å². The van der Waals surface area contributed by atoms with Gasteiger partial charge in [0.25, 0.3) is 0 Å². The number of hydrogen-bond acceptors (Lipinski definition) is 6. The van der Waals surface area contributed by atoms with Crippen molar-refractivity contribution in [3.63, 3.8) is 0 Å². The number of amides is 1. The number of nitrogens with zero attached hydrogens (tertiary/aromatic N) is 2. The first-order valence-corrected chi connectivity index (χ1v) is 5.46. The monoisotopic (exact) mass is 254 g/mol.